The zero-order chi connectivity index (χ0) is 21.0. The summed E-state index contributed by atoms with van der Waals surface area (Å²) in [6, 6.07) is 13.2. The lowest BCUT2D eigenvalue weighted by Gasteiger charge is -2.23. The van der Waals surface area contributed by atoms with Gasteiger partial charge in [-0.3, -0.25) is 4.98 Å². The number of hydrogen-bond acceptors (Lipinski definition) is 4. The van der Waals surface area contributed by atoms with Crippen LogP contribution in [-0.4, -0.2) is 9.97 Å². The number of rotatable bonds is 2. The third kappa shape index (κ3) is 2.94. The van der Waals surface area contributed by atoms with Crippen LogP contribution in [0.25, 0.3) is 43.6 Å². The molecule has 0 radical (unpaired) electrons. The summed E-state index contributed by atoms with van der Waals surface area (Å²) in [7, 11) is 0. The summed E-state index contributed by atoms with van der Waals surface area (Å²) in [5.74, 6) is 0.674. The van der Waals surface area contributed by atoms with Gasteiger partial charge in [0.25, 0.3) is 0 Å². The van der Waals surface area contributed by atoms with E-state index in [1.165, 1.54) is 31.3 Å². The molecular formula is C26H24N2OS. The monoisotopic (exact) mass is 412 g/mol. The Labute approximate surface area is 180 Å². The van der Waals surface area contributed by atoms with Gasteiger partial charge in [-0.15, -0.1) is 11.3 Å². The van der Waals surface area contributed by atoms with E-state index in [9.17, 15) is 0 Å². The summed E-state index contributed by atoms with van der Waals surface area (Å²) in [6.45, 7) is 11.1. The Bertz CT molecular complexity index is 1390. The first kappa shape index (κ1) is 19.0. The van der Waals surface area contributed by atoms with Crippen molar-refractivity contribution in [3.8, 4) is 22.7 Å². The number of aryl methyl sites for hydroxylation is 2. The standard InChI is InChI=1S/C26H24N2OS/c1-15-14-28-23(24-21(15)22(16(2)30-24)25-27-10-11-29-25)18-12-17-8-6-7-9-19(17)20(13-18)26(3,4)5/h6-14H,1-5H3. The van der Waals surface area contributed by atoms with E-state index in [4.69, 9.17) is 9.40 Å². The van der Waals surface area contributed by atoms with E-state index < -0.39 is 0 Å². The maximum Gasteiger partial charge on any atom is 0.227 e. The highest BCUT2D eigenvalue weighted by Gasteiger charge is 2.22. The SMILES string of the molecule is Cc1sc2c(-c3cc(C(C)(C)C)c4ccccc4c3)ncc(C)c2c1-c1ncco1. The first-order valence-corrected chi connectivity index (χ1v) is 11.0. The van der Waals surface area contributed by atoms with Gasteiger partial charge in [0.05, 0.1) is 22.2 Å². The summed E-state index contributed by atoms with van der Waals surface area (Å²) < 4.78 is 6.85. The van der Waals surface area contributed by atoms with E-state index in [-0.39, 0.29) is 5.41 Å². The third-order valence-corrected chi connectivity index (χ3v) is 6.78. The van der Waals surface area contributed by atoms with Crippen LogP contribution >= 0.6 is 11.3 Å². The van der Waals surface area contributed by atoms with Crippen LogP contribution in [0.3, 0.4) is 0 Å². The average Bonchev–Trinajstić information content (AvgIpc) is 3.34. The van der Waals surface area contributed by atoms with Gasteiger partial charge in [-0.2, -0.15) is 0 Å². The normalized spacial score (nSPS) is 12.2. The topological polar surface area (TPSA) is 38.9 Å². The van der Waals surface area contributed by atoms with Crippen LogP contribution in [0, 0.1) is 13.8 Å². The van der Waals surface area contributed by atoms with Crippen molar-refractivity contribution < 1.29 is 4.42 Å². The van der Waals surface area contributed by atoms with Gasteiger partial charge in [-0.05, 0) is 53.3 Å². The lowest BCUT2D eigenvalue weighted by molar-refractivity contribution is 0.575. The molecular weight excluding hydrogens is 388 g/mol. The zero-order valence-corrected chi connectivity index (χ0v) is 18.7. The van der Waals surface area contributed by atoms with Crippen molar-refractivity contribution in [2.24, 2.45) is 0 Å². The molecule has 0 saturated heterocycles. The fourth-order valence-electron chi connectivity index (χ4n) is 4.25. The molecule has 150 valence electrons. The highest BCUT2D eigenvalue weighted by atomic mass is 32.1. The predicted molar refractivity (Wildman–Crippen MR) is 126 cm³/mol. The number of hydrogen-bond donors (Lipinski definition) is 0. The number of nitrogens with zero attached hydrogens (tertiary/aromatic N) is 2. The van der Waals surface area contributed by atoms with Crippen LogP contribution in [0.5, 0.6) is 0 Å². The Morgan fingerprint density at radius 2 is 1.80 bits per heavy atom. The summed E-state index contributed by atoms with van der Waals surface area (Å²) in [6.07, 6.45) is 5.31. The molecule has 5 rings (SSSR count). The molecule has 4 heteroatoms. The van der Waals surface area contributed by atoms with E-state index in [1.54, 1.807) is 23.8 Å². The molecule has 3 heterocycles. The van der Waals surface area contributed by atoms with Crippen LogP contribution in [0.4, 0.5) is 0 Å². The Hall–Kier alpha value is -2.98. The van der Waals surface area contributed by atoms with Crippen LogP contribution in [0.1, 0.15) is 36.8 Å². The number of oxazole rings is 1. The zero-order valence-electron chi connectivity index (χ0n) is 17.9. The van der Waals surface area contributed by atoms with Gasteiger partial charge in [-0.1, -0.05) is 45.0 Å². The Morgan fingerprint density at radius 3 is 2.53 bits per heavy atom. The molecule has 0 spiro atoms. The number of aromatic nitrogens is 2. The summed E-state index contributed by atoms with van der Waals surface area (Å²) in [5, 5.41) is 3.74. The lowest BCUT2D eigenvalue weighted by Crippen LogP contribution is -2.12. The van der Waals surface area contributed by atoms with Crippen molar-refractivity contribution in [1.29, 1.82) is 0 Å². The minimum Gasteiger partial charge on any atom is -0.444 e. The molecule has 3 aromatic heterocycles. The van der Waals surface area contributed by atoms with Crippen molar-refractivity contribution in [2.75, 3.05) is 0 Å². The minimum absolute atomic E-state index is 0.0358. The van der Waals surface area contributed by atoms with Crippen molar-refractivity contribution in [2.45, 2.75) is 40.0 Å². The number of pyridine rings is 1. The molecule has 0 atom stereocenters. The fraction of sp³-hybridized carbons (Fsp3) is 0.231. The smallest absolute Gasteiger partial charge is 0.227 e. The van der Waals surface area contributed by atoms with E-state index >= 15 is 0 Å². The average molecular weight is 413 g/mol. The maximum absolute atomic E-state index is 5.66. The van der Waals surface area contributed by atoms with E-state index in [0.29, 0.717) is 5.89 Å². The first-order chi connectivity index (χ1) is 14.3. The van der Waals surface area contributed by atoms with Gasteiger partial charge < -0.3 is 4.42 Å². The van der Waals surface area contributed by atoms with E-state index in [1.807, 2.05) is 6.20 Å². The number of fused-ring (bicyclic) bond motifs is 2. The van der Waals surface area contributed by atoms with Crippen molar-refractivity contribution >= 4 is 32.2 Å². The quantitative estimate of drug-likeness (QED) is 0.298. The Balaban J connectivity index is 1.84. The second kappa shape index (κ2) is 6.78. The molecule has 0 bridgehead atoms. The van der Waals surface area contributed by atoms with Gasteiger partial charge in [0.15, 0.2) is 0 Å². The number of benzene rings is 2. The Kier molecular flexibility index (Phi) is 4.30. The van der Waals surface area contributed by atoms with Gasteiger partial charge in [0.1, 0.15) is 6.26 Å². The molecule has 30 heavy (non-hydrogen) atoms. The van der Waals surface area contributed by atoms with Gasteiger partial charge >= 0.3 is 0 Å². The molecule has 0 aliphatic carbocycles. The summed E-state index contributed by atoms with van der Waals surface area (Å²) in [4.78, 5) is 10.5. The number of thiophene rings is 1. The molecule has 0 aliphatic heterocycles. The molecule has 0 N–H and O–H groups in total. The van der Waals surface area contributed by atoms with Crippen LogP contribution in [0.2, 0.25) is 0 Å². The van der Waals surface area contributed by atoms with E-state index in [0.717, 1.165) is 22.4 Å². The predicted octanol–water partition coefficient (Wildman–Crippen LogP) is 7.69. The van der Waals surface area contributed by atoms with Crippen LogP contribution in [0.15, 0.2) is 59.5 Å². The van der Waals surface area contributed by atoms with Crippen molar-refractivity contribution in [3.63, 3.8) is 0 Å². The van der Waals surface area contributed by atoms with Crippen LogP contribution in [-0.2, 0) is 5.41 Å². The molecule has 3 nitrogen and oxygen atoms in total. The highest BCUT2D eigenvalue weighted by molar-refractivity contribution is 7.20. The van der Waals surface area contributed by atoms with Gasteiger partial charge in [0.2, 0.25) is 5.89 Å². The fourth-order valence-corrected chi connectivity index (χ4v) is 5.48. The second-order valence-corrected chi connectivity index (χ2v) is 10.1. The molecule has 0 aliphatic rings. The Morgan fingerprint density at radius 1 is 1.00 bits per heavy atom. The van der Waals surface area contributed by atoms with Crippen LogP contribution < -0.4 is 0 Å². The molecule has 2 aromatic carbocycles. The summed E-state index contributed by atoms with van der Waals surface area (Å²) >= 11 is 1.77. The highest BCUT2D eigenvalue weighted by Crippen LogP contribution is 2.44. The molecule has 0 unspecified atom stereocenters. The van der Waals surface area contributed by atoms with E-state index in [2.05, 4.69) is 76.0 Å². The first-order valence-electron chi connectivity index (χ1n) is 10.2. The molecule has 5 aromatic rings. The van der Waals surface area contributed by atoms with Gasteiger partial charge in [-0.25, -0.2) is 4.98 Å². The van der Waals surface area contributed by atoms with Crippen molar-refractivity contribution in [1.82, 2.24) is 9.97 Å². The largest absolute Gasteiger partial charge is 0.444 e. The molecule has 0 saturated carbocycles. The van der Waals surface area contributed by atoms with Gasteiger partial charge in [0, 0.05) is 22.0 Å². The second-order valence-electron chi connectivity index (χ2n) is 8.86. The summed E-state index contributed by atoms with van der Waals surface area (Å²) in [5.41, 5.74) is 5.78. The van der Waals surface area contributed by atoms with Crippen molar-refractivity contribution in [3.05, 3.63) is 71.1 Å². The maximum atomic E-state index is 5.66. The molecule has 0 fully saturated rings. The minimum atomic E-state index is 0.0358. The lowest BCUT2D eigenvalue weighted by atomic mass is 9.82. The third-order valence-electron chi connectivity index (χ3n) is 5.67. The molecule has 0 amide bonds.